The Bertz CT molecular complexity index is 1700. The van der Waals surface area contributed by atoms with Crippen molar-refractivity contribution in [3.05, 3.63) is 129 Å². The predicted octanol–water partition coefficient (Wildman–Crippen LogP) is 6.53. The molecule has 0 atom stereocenters. The molecule has 40 heavy (non-hydrogen) atoms. The van der Waals surface area contributed by atoms with Gasteiger partial charge in [-0.1, -0.05) is 36.4 Å². The molecule has 0 aliphatic carbocycles. The van der Waals surface area contributed by atoms with E-state index in [1.165, 1.54) is 77.7 Å². The number of imidazole rings is 2. The van der Waals surface area contributed by atoms with E-state index in [-0.39, 0.29) is 0 Å². The Morgan fingerprint density at radius 3 is 1.32 bits per heavy atom. The van der Waals surface area contributed by atoms with Gasteiger partial charge >= 0.3 is 0 Å². The fraction of sp³-hybridized carbons (Fsp3) is 0.278. The van der Waals surface area contributed by atoms with E-state index in [1.54, 1.807) is 0 Å². The second-order valence-electron chi connectivity index (χ2n) is 11.9. The van der Waals surface area contributed by atoms with Crippen molar-refractivity contribution in [2.75, 3.05) is 0 Å². The maximum Gasteiger partial charge on any atom is 0.245 e. The molecule has 7 rings (SSSR count). The predicted molar refractivity (Wildman–Crippen MR) is 162 cm³/mol. The molecule has 0 N–H and O–H groups in total. The van der Waals surface area contributed by atoms with Gasteiger partial charge in [0.05, 0.1) is 0 Å². The Hall–Kier alpha value is -4.18. The Morgan fingerprint density at radius 1 is 0.500 bits per heavy atom. The molecule has 6 aromatic rings. The Morgan fingerprint density at radius 2 is 0.875 bits per heavy atom. The molecule has 0 fully saturated rings. The summed E-state index contributed by atoms with van der Waals surface area (Å²) in [6.07, 6.45) is 4.68. The molecule has 4 nitrogen and oxygen atoms in total. The van der Waals surface area contributed by atoms with E-state index in [9.17, 15) is 0 Å². The minimum atomic E-state index is 0.863. The van der Waals surface area contributed by atoms with Crippen molar-refractivity contribution in [2.24, 2.45) is 0 Å². The lowest BCUT2D eigenvalue weighted by molar-refractivity contribution is -0.664. The number of fused-ring (bicyclic) bond motifs is 14. The fourth-order valence-electron chi connectivity index (χ4n) is 7.19. The van der Waals surface area contributed by atoms with Crippen molar-refractivity contribution in [3.63, 3.8) is 0 Å². The zero-order valence-corrected chi connectivity index (χ0v) is 24.5. The average Bonchev–Trinajstić information content (AvgIpc) is 3.46. The van der Waals surface area contributed by atoms with Crippen LogP contribution in [0.25, 0.3) is 22.1 Å². The summed E-state index contributed by atoms with van der Waals surface area (Å²) >= 11 is 0. The first-order chi connectivity index (χ1) is 19.3. The van der Waals surface area contributed by atoms with Crippen LogP contribution in [0.5, 0.6) is 0 Å². The van der Waals surface area contributed by atoms with Gasteiger partial charge < -0.3 is 0 Å². The van der Waals surface area contributed by atoms with Gasteiger partial charge in [0.25, 0.3) is 0 Å². The molecule has 0 saturated heterocycles. The summed E-state index contributed by atoms with van der Waals surface area (Å²) in [5, 5.41) is 0. The van der Waals surface area contributed by atoms with Crippen molar-refractivity contribution in [1.82, 2.24) is 9.13 Å². The Balaban J connectivity index is 1.53. The standard InChI is InChI=1S/C36H38N4/c1-23-15-24(2)30-18-38-22-40(36-14-10-9-13-35(36)38)20-32-26(4)16-25(3)31(28(32)6)19-39-21-37(17-29(23)27(30)5)33-11-7-8-12-34(33)39/h7-16,21-22H,17-20H2,1-6H3/q+2. The van der Waals surface area contributed by atoms with Crippen LogP contribution in [-0.2, 0) is 26.2 Å². The van der Waals surface area contributed by atoms with Crippen LogP contribution in [0, 0.1) is 41.5 Å². The summed E-state index contributed by atoms with van der Waals surface area (Å²) in [6, 6.07) is 22.5. The highest BCUT2D eigenvalue weighted by Crippen LogP contribution is 2.28. The molecular weight excluding hydrogens is 488 g/mol. The second kappa shape index (κ2) is 9.19. The van der Waals surface area contributed by atoms with Gasteiger partial charge in [0.2, 0.25) is 12.7 Å². The van der Waals surface area contributed by atoms with Crippen molar-refractivity contribution in [3.8, 4) is 0 Å². The van der Waals surface area contributed by atoms with Crippen LogP contribution in [0.4, 0.5) is 0 Å². The minimum Gasteiger partial charge on any atom is -0.226 e. The average molecular weight is 527 g/mol. The van der Waals surface area contributed by atoms with E-state index >= 15 is 0 Å². The van der Waals surface area contributed by atoms with Crippen LogP contribution in [0.3, 0.4) is 0 Å². The quantitative estimate of drug-likeness (QED) is 0.200. The normalized spacial score (nSPS) is 13.3. The summed E-state index contributed by atoms with van der Waals surface area (Å²) in [5.41, 5.74) is 19.1. The van der Waals surface area contributed by atoms with Crippen molar-refractivity contribution < 1.29 is 9.13 Å². The fourth-order valence-corrected chi connectivity index (χ4v) is 7.19. The molecule has 0 unspecified atom stereocenters. The van der Waals surface area contributed by atoms with Crippen LogP contribution in [0.2, 0.25) is 0 Å². The highest BCUT2D eigenvalue weighted by atomic mass is 15.1. The molecule has 1 aliphatic heterocycles. The number of benzene rings is 4. The molecule has 0 radical (unpaired) electrons. The first kappa shape index (κ1) is 24.8. The third-order valence-corrected chi connectivity index (χ3v) is 9.45. The summed E-state index contributed by atoms with van der Waals surface area (Å²) in [7, 11) is 0. The van der Waals surface area contributed by atoms with Crippen LogP contribution in [-0.4, -0.2) is 9.13 Å². The molecule has 0 saturated carbocycles. The van der Waals surface area contributed by atoms with Crippen molar-refractivity contribution >= 4 is 22.1 Å². The highest BCUT2D eigenvalue weighted by molar-refractivity contribution is 5.73. The van der Waals surface area contributed by atoms with Crippen LogP contribution >= 0.6 is 0 Å². The Kier molecular flexibility index (Phi) is 5.71. The molecule has 4 aromatic carbocycles. The largest absolute Gasteiger partial charge is 0.245 e. The first-order valence-corrected chi connectivity index (χ1v) is 14.4. The van der Waals surface area contributed by atoms with E-state index in [0.717, 1.165) is 26.2 Å². The van der Waals surface area contributed by atoms with E-state index in [0.29, 0.717) is 0 Å². The van der Waals surface area contributed by atoms with Gasteiger partial charge in [-0.3, -0.25) is 0 Å². The lowest BCUT2D eigenvalue weighted by atomic mass is 9.93. The lowest BCUT2D eigenvalue weighted by Crippen LogP contribution is -2.36. The molecule has 4 heteroatoms. The number of rotatable bonds is 0. The molecule has 8 bridgehead atoms. The van der Waals surface area contributed by atoms with E-state index in [1.807, 2.05) is 0 Å². The molecule has 3 heterocycles. The number of para-hydroxylation sites is 4. The number of hydrogen-bond donors (Lipinski definition) is 0. The third-order valence-electron chi connectivity index (χ3n) is 9.45. The lowest BCUT2D eigenvalue weighted by Gasteiger charge is -2.16. The molecule has 200 valence electrons. The number of hydrogen-bond acceptors (Lipinski definition) is 0. The molecule has 0 amide bonds. The van der Waals surface area contributed by atoms with Gasteiger partial charge in [0.15, 0.2) is 22.1 Å². The number of aromatic nitrogens is 4. The van der Waals surface area contributed by atoms with Gasteiger partial charge in [-0.05, 0) is 121 Å². The maximum absolute atomic E-state index is 2.45. The van der Waals surface area contributed by atoms with Gasteiger partial charge in [-0.15, -0.1) is 0 Å². The van der Waals surface area contributed by atoms with Gasteiger partial charge in [-0.25, -0.2) is 18.3 Å². The van der Waals surface area contributed by atoms with Crippen molar-refractivity contribution in [2.45, 2.75) is 67.7 Å². The van der Waals surface area contributed by atoms with Gasteiger partial charge in [0.1, 0.15) is 26.2 Å². The van der Waals surface area contributed by atoms with Crippen LogP contribution in [0.15, 0.2) is 73.3 Å². The monoisotopic (exact) mass is 526 g/mol. The van der Waals surface area contributed by atoms with Gasteiger partial charge in [-0.2, -0.15) is 0 Å². The molecular formula is C36H38N4+2. The Labute approximate surface area is 236 Å². The zero-order chi connectivity index (χ0) is 27.7. The minimum absolute atomic E-state index is 0.863. The first-order valence-electron chi connectivity index (χ1n) is 14.4. The van der Waals surface area contributed by atoms with Crippen molar-refractivity contribution in [1.29, 1.82) is 0 Å². The maximum atomic E-state index is 2.45. The summed E-state index contributed by atoms with van der Waals surface area (Å²) in [5.74, 6) is 0. The topological polar surface area (TPSA) is 17.6 Å². The highest BCUT2D eigenvalue weighted by Gasteiger charge is 2.24. The number of aryl methyl sites for hydroxylation is 4. The van der Waals surface area contributed by atoms with E-state index in [2.05, 4.69) is 133 Å². The number of nitrogens with zero attached hydrogens (tertiary/aromatic N) is 4. The molecule has 0 spiro atoms. The summed E-state index contributed by atoms with van der Waals surface area (Å²) in [4.78, 5) is 0. The second-order valence-corrected chi connectivity index (χ2v) is 11.9. The molecule has 2 aromatic heterocycles. The third kappa shape index (κ3) is 3.81. The SMILES string of the molecule is Cc1cc(C)c2c(C)c1Cn1c[n+](c3ccccc31)Cc1c(C)cc(C)c(c1C)C[n+]1cn(c3ccccc31)C2. The van der Waals surface area contributed by atoms with E-state index in [4.69, 9.17) is 0 Å². The zero-order valence-electron chi connectivity index (χ0n) is 24.5. The smallest absolute Gasteiger partial charge is 0.226 e. The summed E-state index contributed by atoms with van der Waals surface area (Å²) in [6.45, 7) is 17.2. The molecule has 1 aliphatic rings. The van der Waals surface area contributed by atoms with E-state index < -0.39 is 0 Å². The van der Waals surface area contributed by atoms with Crippen LogP contribution < -0.4 is 9.13 Å². The van der Waals surface area contributed by atoms with Crippen LogP contribution in [0.1, 0.15) is 55.6 Å². The summed E-state index contributed by atoms with van der Waals surface area (Å²) < 4.78 is 9.81. The van der Waals surface area contributed by atoms with Gasteiger partial charge in [0, 0.05) is 0 Å².